The molecule has 7 heteroatoms. The van der Waals surface area contributed by atoms with E-state index in [1.807, 2.05) is 6.92 Å². The molecule has 2 saturated heterocycles. The number of ether oxygens (including phenoxy) is 3. The lowest BCUT2D eigenvalue weighted by Crippen LogP contribution is -2.37. The Balaban J connectivity index is 1.91. The highest BCUT2D eigenvalue weighted by atomic mass is 31.2. The first-order chi connectivity index (χ1) is 7.86. The molecular weight excluding hydrogens is 247 g/mol. The average Bonchev–Trinajstić information content (AvgIpc) is 2.52. The standard InChI is InChI=1S/C10H17O6P/c1-6-7-8-9(15-6,4-13-2)10(8,5-14-7)16-17(3,11)12/h6-8H,4-5H2,1-3H3,(H,11,12)/t6-,7?,8?,9+,10?/m0/s1. The molecule has 2 aliphatic heterocycles. The minimum absolute atomic E-state index is 0.00498. The second-order valence-corrected chi connectivity index (χ2v) is 6.97. The van der Waals surface area contributed by atoms with Crippen molar-refractivity contribution in [2.45, 2.75) is 30.3 Å². The first kappa shape index (κ1) is 12.1. The molecule has 0 bridgehead atoms. The topological polar surface area (TPSA) is 74.2 Å². The quantitative estimate of drug-likeness (QED) is 0.740. The average molecular weight is 264 g/mol. The molecular formula is C10H17O6P. The molecule has 6 atom stereocenters. The predicted octanol–water partition coefficient (Wildman–Crippen LogP) is 0.390. The minimum Gasteiger partial charge on any atom is -0.382 e. The van der Waals surface area contributed by atoms with Crippen LogP contribution in [0.25, 0.3) is 0 Å². The summed E-state index contributed by atoms with van der Waals surface area (Å²) in [5.41, 5.74) is -1.39. The van der Waals surface area contributed by atoms with Crippen molar-refractivity contribution in [2.75, 3.05) is 27.0 Å². The van der Waals surface area contributed by atoms with E-state index in [1.54, 1.807) is 7.11 Å². The lowest BCUT2D eigenvalue weighted by molar-refractivity contribution is -0.0771. The SMILES string of the molecule is COC[C@]12O[C@@H](C)C3OCC1(OP(C)(=O)O)C32. The first-order valence-corrected chi connectivity index (χ1v) is 7.68. The highest BCUT2D eigenvalue weighted by Crippen LogP contribution is 2.73. The molecule has 1 N–H and O–H groups in total. The van der Waals surface area contributed by atoms with Crippen molar-refractivity contribution >= 4 is 7.60 Å². The van der Waals surface area contributed by atoms with Gasteiger partial charge in [0, 0.05) is 13.8 Å². The largest absolute Gasteiger partial charge is 0.382 e. The number of fused-ring (bicyclic) bond motifs is 1. The van der Waals surface area contributed by atoms with E-state index in [9.17, 15) is 9.46 Å². The van der Waals surface area contributed by atoms with Gasteiger partial charge in [-0.15, -0.1) is 0 Å². The summed E-state index contributed by atoms with van der Waals surface area (Å²) in [6.45, 7) is 3.79. The van der Waals surface area contributed by atoms with Crippen molar-refractivity contribution in [2.24, 2.45) is 5.92 Å². The van der Waals surface area contributed by atoms with E-state index in [1.165, 1.54) is 6.66 Å². The third-order valence-corrected chi connectivity index (χ3v) is 4.67. The molecule has 0 amide bonds. The van der Waals surface area contributed by atoms with E-state index < -0.39 is 18.8 Å². The second kappa shape index (κ2) is 3.32. The van der Waals surface area contributed by atoms with E-state index in [0.29, 0.717) is 13.2 Å². The molecule has 3 aliphatic rings. The second-order valence-electron chi connectivity index (χ2n) is 5.18. The molecule has 0 radical (unpaired) electrons. The Morgan fingerprint density at radius 1 is 1.59 bits per heavy atom. The van der Waals surface area contributed by atoms with Crippen molar-refractivity contribution in [3.63, 3.8) is 0 Å². The fraction of sp³-hybridized carbons (Fsp3) is 1.00. The van der Waals surface area contributed by atoms with Crippen LogP contribution in [0.15, 0.2) is 0 Å². The van der Waals surface area contributed by atoms with Crippen molar-refractivity contribution in [1.82, 2.24) is 0 Å². The van der Waals surface area contributed by atoms with Gasteiger partial charge in [0.15, 0.2) is 0 Å². The Morgan fingerprint density at radius 3 is 2.88 bits per heavy atom. The first-order valence-electron chi connectivity index (χ1n) is 5.66. The molecule has 0 aromatic heterocycles. The van der Waals surface area contributed by atoms with Crippen LogP contribution in [-0.2, 0) is 23.3 Å². The van der Waals surface area contributed by atoms with Crippen LogP contribution >= 0.6 is 7.60 Å². The summed E-state index contributed by atoms with van der Waals surface area (Å²) in [6.07, 6.45) is -0.0824. The lowest BCUT2D eigenvalue weighted by atomic mass is 10.1. The zero-order chi connectivity index (χ0) is 12.5. The Bertz CT molecular complexity index is 394. The van der Waals surface area contributed by atoms with Gasteiger partial charge < -0.3 is 19.1 Å². The van der Waals surface area contributed by atoms with Crippen molar-refractivity contribution in [1.29, 1.82) is 0 Å². The molecule has 98 valence electrons. The number of hydrogen-bond acceptors (Lipinski definition) is 5. The summed E-state index contributed by atoms with van der Waals surface area (Å²) in [7, 11) is -1.98. The summed E-state index contributed by atoms with van der Waals surface area (Å²) in [6, 6.07) is 0. The van der Waals surface area contributed by atoms with E-state index in [2.05, 4.69) is 0 Å². The summed E-state index contributed by atoms with van der Waals surface area (Å²) in [5, 5.41) is 0. The van der Waals surface area contributed by atoms with Crippen LogP contribution < -0.4 is 0 Å². The zero-order valence-corrected chi connectivity index (χ0v) is 11.0. The monoisotopic (exact) mass is 264 g/mol. The van der Waals surface area contributed by atoms with Gasteiger partial charge in [0.2, 0.25) is 0 Å². The molecule has 0 aromatic carbocycles. The van der Waals surface area contributed by atoms with Crippen molar-refractivity contribution < 1.29 is 28.2 Å². The molecule has 1 saturated carbocycles. The number of rotatable bonds is 4. The van der Waals surface area contributed by atoms with Crippen molar-refractivity contribution in [3.8, 4) is 0 Å². The van der Waals surface area contributed by atoms with Crippen LogP contribution in [0.3, 0.4) is 0 Å². The van der Waals surface area contributed by atoms with Gasteiger partial charge in [0.05, 0.1) is 31.3 Å². The Hall–Kier alpha value is 0.0300. The summed E-state index contributed by atoms with van der Waals surface area (Å²) < 4.78 is 33.5. The van der Waals surface area contributed by atoms with Crippen LogP contribution in [0.5, 0.6) is 0 Å². The van der Waals surface area contributed by atoms with Gasteiger partial charge in [-0.05, 0) is 6.92 Å². The molecule has 6 nitrogen and oxygen atoms in total. The highest BCUT2D eigenvalue weighted by Gasteiger charge is 2.90. The predicted molar refractivity (Wildman–Crippen MR) is 57.9 cm³/mol. The Kier molecular flexibility index (Phi) is 2.36. The molecule has 17 heavy (non-hydrogen) atoms. The minimum atomic E-state index is -3.57. The molecule has 3 fully saturated rings. The van der Waals surface area contributed by atoms with E-state index in [4.69, 9.17) is 18.7 Å². The van der Waals surface area contributed by atoms with Crippen LogP contribution in [0.1, 0.15) is 6.92 Å². The third kappa shape index (κ3) is 1.37. The van der Waals surface area contributed by atoms with Crippen LogP contribution in [0, 0.1) is 5.92 Å². The van der Waals surface area contributed by atoms with E-state index in [-0.39, 0.29) is 18.1 Å². The zero-order valence-electron chi connectivity index (χ0n) is 10.1. The fourth-order valence-electron chi connectivity index (χ4n) is 3.53. The Labute approximate surface area is 99.7 Å². The van der Waals surface area contributed by atoms with Gasteiger partial charge in [-0.25, -0.2) is 0 Å². The maximum atomic E-state index is 11.5. The van der Waals surface area contributed by atoms with Gasteiger partial charge >= 0.3 is 7.60 Å². The molecule has 4 unspecified atom stereocenters. The molecule has 0 aromatic rings. The van der Waals surface area contributed by atoms with Gasteiger partial charge in [-0.3, -0.25) is 9.09 Å². The molecule has 3 rings (SSSR count). The maximum absolute atomic E-state index is 11.5. The summed E-state index contributed by atoms with van der Waals surface area (Å²) >= 11 is 0. The molecule has 1 aliphatic carbocycles. The van der Waals surface area contributed by atoms with Crippen LogP contribution in [-0.4, -0.2) is 55.3 Å². The molecule has 2 heterocycles. The third-order valence-electron chi connectivity index (χ3n) is 4.01. The van der Waals surface area contributed by atoms with Crippen LogP contribution in [0.4, 0.5) is 0 Å². The van der Waals surface area contributed by atoms with Crippen molar-refractivity contribution in [3.05, 3.63) is 0 Å². The Morgan fingerprint density at radius 2 is 2.29 bits per heavy atom. The van der Waals surface area contributed by atoms with E-state index in [0.717, 1.165) is 0 Å². The van der Waals surface area contributed by atoms with Crippen LogP contribution in [0.2, 0.25) is 0 Å². The number of methoxy groups -OCH3 is 1. The van der Waals surface area contributed by atoms with E-state index >= 15 is 0 Å². The smallest absolute Gasteiger partial charge is 0.325 e. The molecule has 0 spiro atoms. The summed E-state index contributed by atoms with van der Waals surface area (Å²) in [5.74, 6) is 0.00498. The maximum Gasteiger partial charge on any atom is 0.325 e. The van der Waals surface area contributed by atoms with Gasteiger partial charge in [-0.2, -0.15) is 0 Å². The lowest BCUT2D eigenvalue weighted by Gasteiger charge is -2.24. The number of hydrogen-bond donors (Lipinski definition) is 1. The highest BCUT2D eigenvalue weighted by molar-refractivity contribution is 7.52. The van der Waals surface area contributed by atoms with Gasteiger partial charge in [-0.1, -0.05) is 0 Å². The summed E-state index contributed by atoms with van der Waals surface area (Å²) in [4.78, 5) is 9.43. The van der Waals surface area contributed by atoms with Gasteiger partial charge in [0.1, 0.15) is 11.2 Å². The van der Waals surface area contributed by atoms with Gasteiger partial charge in [0.25, 0.3) is 0 Å². The fourth-order valence-corrected chi connectivity index (χ4v) is 4.46. The normalized spacial score (nSPS) is 54.5.